The van der Waals surface area contributed by atoms with Crippen LogP contribution in [0.5, 0.6) is 5.75 Å². The molecule has 2 aromatic carbocycles. The maximum atomic E-state index is 12.5. The molecule has 0 radical (unpaired) electrons. The predicted octanol–water partition coefficient (Wildman–Crippen LogP) is 4.34. The van der Waals surface area contributed by atoms with Gasteiger partial charge in [-0.25, -0.2) is 0 Å². The van der Waals surface area contributed by atoms with Gasteiger partial charge in [0.25, 0.3) is 5.91 Å². The van der Waals surface area contributed by atoms with Gasteiger partial charge in [-0.05, 0) is 61.6 Å². The van der Waals surface area contributed by atoms with Crippen molar-refractivity contribution in [2.45, 2.75) is 13.8 Å². The van der Waals surface area contributed by atoms with Crippen LogP contribution < -0.4 is 9.64 Å². The summed E-state index contributed by atoms with van der Waals surface area (Å²) in [7, 11) is 1.76. The normalized spacial score (nSPS) is 10.8. The van der Waals surface area contributed by atoms with E-state index in [9.17, 15) is 4.79 Å². The van der Waals surface area contributed by atoms with E-state index in [-0.39, 0.29) is 5.91 Å². The van der Waals surface area contributed by atoms with Crippen molar-refractivity contribution in [2.75, 3.05) is 38.2 Å². The standard InChI is InChI=1S/C20H25ClN2O2/c1-4-23(5-2)14-15-25-19-12-10-18(11-13-19)22(3)20(24)16-6-8-17(21)9-7-16/h6-13H,4-5,14-15H2,1-3H3. The Bertz CT molecular complexity index is 667. The molecule has 0 spiro atoms. The first-order valence-corrected chi connectivity index (χ1v) is 8.91. The molecule has 0 aliphatic rings. The number of halogens is 1. The lowest BCUT2D eigenvalue weighted by Gasteiger charge is -2.19. The Hall–Kier alpha value is -2.04. The molecule has 0 atom stereocenters. The number of amides is 1. The van der Waals surface area contributed by atoms with Gasteiger partial charge in [-0.3, -0.25) is 4.79 Å². The topological polar surface area (TPSA) is 32.8 Å². The second-order valence-corrected chi connectivity index (χ2v) is 6.18. The number of anilines is 1. The van der Waals surface area contributed by atoms with Crippen molar-refractivity contribution in [1.82, 2.24) is 4.90 Å². The van der Waals surface area contributed by atoms with Crippen molar-refractivity contribution in [2.24, 2.45) is 0 Å². The zero-order chi connectivity index (χ0) is 18.2. The van der Waals surface area contributed by atoms with Crippen LogP contribution in [-0.2, 0) is 0 Å². The van der Waals surface area contributed by atoms with Crippen molar-refractivity contribution < 1.29 is 9.53 Å². The molecule has 134 valence electrons. The molecule has 0 N–H and O–H groups in total. The Kier molecular flexibility index (Phi) is 7.29. The van der Waals surface area contributed by atoms with Crippen LogP contribution in [0.3, 0.4) is 0 Å². The molecule has 2 aromatic rings. The van der Waals surface area contributed by atoms with Gasteiger partial charge >= 0.3 is 0 Å². The quantitative estimate of drug-likeness (QED) is 0.702. The van der Waals surface area contributed by atoms with Crippen molar-refractivity contribution in [3.63, 3.8) is 0 Å². The molecule has 0 saturated heterocycles. The number of ether oxygens (including phenoxy) is 1. The molecule has 5 heteroatoms. The van der Waals surface area contributed by atoms with E-state index in [1.165, 1.54) is 0 Å². The second-order valence-electron chi connectivity index (χ2n) is 5.74. The number of benzene rings is 2. The van der Waals surface area contributed by atoms with E-state index in [0.29, 0.717) is 17.2 Å². The average molecular weight is 361 g/mol. The summed E-state index contributed by atoms with van der Waals surface area (Å²) in [6, 6.07) is 14.5. The fourth-order valence-corrected chi connectivity index (χ4v) is 2.63. The molecule has 0 fully saturated rings. The number of carbonyl (C=O) groups is 1. The number of nitrogens with zero attached hydrogens (tertiary/aromatic N) is 2. The van der Waals surface area contributed by atoms with Gasteiger partial charge in [0.05, 0.1) is 0 Å². The monoisotopic (exact) mass is 360 g/mol. The van der Waals surface area contributed by atoms with Gasteiger partial charge in [-0.15, -0.1) is 0 Å². The fourth-order valence-electron chi connectivity index (χ4n) is 2.50. The van der Waals surface area contributed by atoms with Crippen LogP contribution in [0.2, 0.25) is 5.02 Å². The van der Waals surface area contributed by atoms with Crippen LogP contribution >= 0.6 is 11.6 Å². The minimum atomic E-state index is -0.0770. The van der Waals surface area contributed by atoms with Gasteiger partial charge in [-0.2, -0.15) is 0 Å². The third-order valence-electron chi connectivity index (χ3n) is 4.19. The van der Waals surface area contributed by atoms with Crippen LogP contribution in [0.25, 0.3) is 0 Å². The average Bonchev–Trinajstić information content (AvgIpc) is 2.65. The molecular formula is C20H25ClN2O2. The van der Waals surface area contributed by atoms with Crippen molar-refractivity contribution >= 4 is 23.2 Å². The highest BCUT2D eigenvalue weighted by Gasteiger charge is 2.13. The maximum Gasteiger partial charge on any atom is 0.258 e. The number of likely N-dealkylation sites (N-methyl/N-ethyl adjacent to an activating group) is 1. The van der Waals surface area contributed by atoms with Crippen LogP contribution in [0.1, 0.15) is 24.2 Å². The summed E-state index contributed by atoms with van der Waals surface area (Å²) in [4.78, 5) is 16.4. The summed E-state index contributed by atoms with van der Waals surface area (Å²) in [5.41, 5.74) is 1.42. The summed E-state index contributed by atoms with van der Waals surface area (Å²) >= 11 is 5.87. The third-order valence-corrected chi connectivity index (χ3v) is 4.44. The Morgan fingerprint density at radius 1 is 1.00 bits per heavy atom. The van der Waals surface area contributed by atoms with E-state index in [1.807, 2.05) is 24.3 Å². The smallest absolute Gasteiger partial charge is 0.258 e. The summed E-state index contributed by atoms with van der Waals surface area (Å²) in [6.07, 6.45) is 0. The predicted molar refractivity (Wildman–Crippen MR) is 104 cm³/mol. The van der Waals surface area contributed by atoms with E-state index < -0.39 is 0 Å². The maximum absolute atomic E-state index is 12.5. The minimum absolute atomic E-state index is 0.0770. The summed E-state index contributed by atoms with van der Waals surface area (Å²) < 4.78 is 5.77. The van der Waals surface area contributed by atoms with Crippen molar-refractivity contribution in [1.29, 1.82) is 0 Å². The van der Waals surface area contributed by atoms with E-state index >= 15 is 0 Å². The largest absolute Gasteiger partial charge is 0.492 e. The van der Waals surface area contributed by atoms with E-state index in [2.05, 4.69) is 18.7 Å². The Balaban J connectivity index is 1.94. The fraction of sp³-hybridized carbons (Fsp3) is 0.350. The first kappa shape index (κ1) is 19.3. The van der Waals surface area contributed by atoms with E-state index in [0.717, 1.165) is 31.1 Å². The second kappa shape index (κ2) is 9.44. The van der Waals surface area contributed by atoms with E-state index in [4.69, 9.17) is 16.3 Å². The first-order chi connectivity index (χ1) is 12.0. The molecular weight excluding hydrogens is 336 g/mol. The molecule has 1 amide bonds. The molecule has 0 aromatic heterocycles. The highest BCUT2D eigenvalue weighted by atomic mass is 35.5. The zero-order valence-corrected chi connectivity index (χ0v) is 15.8. The van der Waals surface area contributed by atoms with Gasteiger partial charge in [0.2, 0.25) is 0 Å². The minimum Gasteiger partial charge on any atom is -0.492 e. The molecule has 4 nitrogen and oxygen atoms in total. The first-order valence-electron chi connectivity index (χ1n) is 8.54. The lowest BCUT2D eigenvalue weighted by Crippen LogP contribution is -2.28. The third kappa shape index (κ3) is 5.48. The molecule has 0 aliphatic heterocycles. The Morgan fingerprint density at radius 2 is 1.60 bits per heavy atom. The summed E-state index contributed by atoms with van der Waals surface area (Å²) in [5.74, 6) is 0.732. The molecule has 0 saturated carbocycles. The van der Waals surface area contributed by atoms with Gasteiger partial charge in [0.1, 0.15) is 12.4 Å². The van der Waals surface area contributed by atoms with E-state index in [1.54, 1.807) is 36.2 Å². The number of rotatable bonds is 8. The molecule has 0 heterocycles. The highest BCUT2D eigenvalue weighted by molar-refractivity contribution is 6.30. The van der Waals surface area contributed by atoms with Crippen molar-refractivity contribution in [3.05, 3.63) is 59.1 Å². The Morgan fingerprint density at radius 3 is 2.16 bits per heavy atom. The number of hydrogen-bond donors (Lipinski definition) is 0. The van der Waals surface area contributed by atoms with Gasteiger partial charge in [0, 0.05) is 29.9 Å². The zero-order valence-electron chi connectivity index (χ0n) is 15.0. The van der Waals surface area contributed by atoms with Crippen LogP contribution in [0.4, 0.5) is 5.69 Å². The summed E-state index contributed by atoms with van der Waals surface area (Å²) in [5, 5.41) is 0.616. The van der Waals surface area contributed by atoms with Gasteiger partial charge in [-0.1, -0.05) is 25.4 Å². The summed E-state index contributed by atoms with van der Waals surface area (Å²) in [6.45, 7) is 7.90. The SMILES string of the molecule is CCN(CC)CCOc1ccc(N(C)C(=O)c2ccc(Cl)cc2)cc1. The molecule has 2 rings (SSSR count). The molecule has 0 aliphatic carbocycles. The van der Waals surface area contributed by atoms with Crippen LogP contribution in [0.15, 0.2) is 48.5 Å². The number of carbonyl (C=O) groups excluding carboxylic acids is 1. The van der Waals surface area contributed by atoms with Crippen LogP contribution in [0, 0.1) is 0 Å². The highest BCUT2D eigenvalue weighted by Crippen LogP contribution is 2.21. The van der Waals surface area contributed by atoms with Crippen molar-refractivity contribution in [3.8, 4) is 5.75 Å². The number of hydrogen-bond acceptors (Lipinski definition) is 3. The van der Waals surface area contributed by atoms with Crippen LogP contribution in [-0.4, -0.2) is 44.1 Å². The van der Waals surface area contributed by atoms with Gasteiger partial charge in [0.15, 0.2) is 0 Å². The molecule has 0 unspecified atom stereocenters. The van der Waals surface area contributed by atoms with Gasteiger partial charge < -0.3 is 14.5 Å². The lowest BCUT2D eigenvalue weighted by molar-refractivity contribution is 0.0993. The Labute approximate surface area is 155 Å². The lowest BCUT2D eigenvalue weighted by atomic mass is 10.2. The molecule has 25 heavy (non-hydrogen) atoms. The molecule has 0 bridgehead atoms.